The van der Waals surface area contributed by atoms with Crippen LogP contribution in [-0.2, 0) is 11.3 Å². The number of aliphatic hydroxyl groups excluding tert-OH is 1. The van der Waals surface area contributed by atoms with Crippen LogP contribution >= 0.6 is 11.3 Å². The molecule has 0 saturated heterocycles. The summed E-state index contributed by atoms with van der Waals surface area (Å²) in [5.74, 6) is 0. The molecule has 1 N–H and O–H groups in total. The number of thiazole rings is 1. The van der Waals surface area contributed by atoms with Crippen molar-refractivity contribution >= 4 is 11.3 Å². The van der Waals surface area contributed by atoms with Crippen LogP contribution in [0.5, 0.6) is 0 Å². The lowest BCUT2D eigenvalue weighted by molar-refractivity contribution is -0.207. The molecule has 0 fully saturated rings. The van der Waals surface area contributed by atoms with Crippen molar-refractivity contribution in [3.8, 4) is 0 Å². The van der Waals surface area contributed by atoms with Gasteiger partial charge >= 0.3 is 6.18 Å². The number of halogens is 3. The van der Waals surface area contributed by atoms with Gasteiger partial charge < -0.3 is 9.84 Å². The van der Waals surface area contributed by atoms with Crippen LogP contribution in [0.3, 0.4) is 0 Å². The average Bonchev–Trinajstić information content (AvgIpc) is 2.50. The second-order valence-corrected chi connectivity index (χ2v) is 3.49. The van der Waals surface area contributed by atoms with Crippen LogP contribution < -0.4 is 0 Å². The SMILES string of the molecule is COCc1nc(C(O)C(F)(F)F)cs1. The molecule has 14 heavy (non-hydrogen) atoms. The Kier molecular flexibility index (Phi) is 3.46. The van der Waals surface area contributed by atoms with E-state index in [1.807, 2.05) is 0 Å². The number of methoxy groups -OCH3 is 1. The molecule has 0 radical (unpaired) electrons. The summed E-state index contributed by atoms with van der Waals surface area (Å²) >= 11 is 1.02. The zero-order chi connectivity index (χ0) is 10.8. The molecular formula is C7H8F3NO2S. The fraction of sp³-hybridized carbons (Fsp3) is 0.571. The van der Waals surface area contributed by atoms with Gasteiger partial charge in [-0.2, -0.15) is 13.2 Å². The first-order valence-corrected chi connectivity index (χ1v) is 4.51. The Hall–Kier alpha value is -0.660. The fourth-order valence-corrected chi connectivity index (χ4v) is 1.59. The predicted molar refractivity (Wildman–Crippen MR) is 43.8 cm³/mol. The summed E-state index contributed by atoms with van der Waals surface area (Å²) in [6, 6.07) is 0. The lowest BCUT2D eigenvalue weighted by atomic mass is 10.3. The minimum absolute atomic E-state index is 0.148. The Morgan fingerprint density at radius 2 is 2.29 bits per heavy atom. The van der Waals surface area contributed by atoms with Crippen molar-refractivity contribution in [1.82, 2.24) is 4.98 Å². The lowest BCUT2D eigenvalue weighted by Gasteiger charge is -2.11. The molecule has 0 amide bonds. The number of aromatic nitrogens is 1. The van der Waals surface area contributed by atoms with Gasteiger partial charge in [0.1, 0.15) is 5.01 Å². The third-order valence-electron chi connectivity index (χ3n) is 1.43. The van der Waals surface area contributed by atoms with Crippen molar-refractivity contribution < 1.29 is 23.0 Å². The van der Waals surface area contributed by atoms with E-state index in [0.717, 1.165) is 11.3 Å². The van der Waals surface area contributed by atoms with Gasteiger partial charge in [-0.25, -0.2) is 4.98 Å². The van der Waals surface area contributed by atoms with Gasteiger partial charge in [-0.3, -0.25) is 0 Å². The molecule has 0 spiro atoms. The van der Waals surface area contributed by atoms with Crippen LogP contribution in [-0.4, -0.2) is 23.4 Å². The molecule has 3 nitrogen and oxygen atoms in total. The minimum atomic E-state index is -4.67. The van der Waals surface area contributed by atoms with Gasteiger partial charge in [-0.1, -0.05) is 0 Å². The van der Waals surface area contributed by atoms with Crippen molar-refractivity contribution in [2.45, 2.75) is 18.9 Å². The van der Waals surface area contributed by atoms with Gasteiger partial charge in [0, 0.05) is 12.5 Å². The van der Waals surface area contributed by atoms with Gasteiger partial charge in [0.15, 0.2) is 6.10 Å². The zero-order valence-corrected chi connectivity index (χ0v) is 8.02. The highest BCUT2D eigenvalue weighted by molar-refractivity contribution is 7.09. The third kappa shape index (κ3) is 2.66. The summed E-state index contributed by atoms with van der Waals surface area (Å²) in [5, 5.41) is 10.4. The van der Waals surface area contributed by atoms with Gasteiger partial charge in [0.05, 0.1) is 12.3 Å². The van der Waals surface area contributed by atoms with E-state index in [-0.39, 0.29) is 12.3 Å². The van der Waals surface area contributed by atoms with E-state index in [1.165, 1.54) is 12.5 Å². The Morgan fingerprint density at radius 3 is 2.79 bits per heavy atom. The van der Waals surface area contributed by atoms with E-state index in [0.29, 0.717) is 5.01 Å². The van der Waals surface area contributed by atoms with Crippen LogP contribution in [0.4, 0.5) is 13.2 Å². The second kappa shape index (κ2) is 4.24. The molecule has 1 aromatic heterocycles. The normalized spacial score (nSPS) is 14.4. The molecular weight excluding hydrogens is 219 g/mol. The van der Waals surface area contributed by atoms with E-state index < -0.39 is 12.3 Å². The third-order valence-corrected chi connectivity index (χ3v) is 2.27. The Morgan fingerprint density at radius 1 is 1.64 bits per heavy atom. The molecule has 1 rings (SSSR count). The summed E-state index contributed by atoms with van der Waals surface area (Å²) in [6.45, 7) is 0.148. The van der Waals surface area contributed by atoms with E-state index >= 15 is 0 Å². The molecule has 1 aromatic rings. The van der Waals surface area contributed by atoms with Crippen LogP contribution in [0.2, 0.25) is 0 Å². The van der Waals surface area contributed by atoms with Crippen molar-refractivity contribution in [3.63, 3.8) is 0 Å². The molecule has 80 valence electrons. The number of alkyl halides is 3. The summed E-state index contributed by atoms with van der Waals surface area (Å²) < 4.78 is 40.7. The van der Waals surface area contributed by atoms with Crippen molar-refractivity contribution in [2.24, 2.45) is 0 Å². The number of hydrogen-bond donors (Lipinski definition) is 1. The van der Waals surface area contributed by atoms with E-state index in [9.17, 15) is 13.2 Å². The van der Waals surface area contributed by atoms with E-state index in [1.54, 1.807) is 0 Å². The second-order valence-electron chi connectivity index (χ2n) is 2.54. The molecule has 0 bridgehead atoms. The van der Waals surface area contributed by atoms with Crippen LogP contribution in [0, 0.1) is 0 Å². The molecule has 0 aromatic carbocycles. The predicted octanol–water partition coefficient (Wildman–Crippen LogP) is 1.89. The summed E-state index contributed by atoms with van der Waals surface area (Å²) in [6.07, 6.45) is -7.18. The van der Waals surface area contributed by atoms with Crippen molar-refractivity contribution in [3.05, 3.63) is 16.1 Å². The van der Waals surface area contributed by atoms with Gasteiger partial charge in [-0.15, -0.1) is 11.3 Å². The number of rotatable bonds is 3. The highest BCUT2D eigenvalue weighted by Crippen LogP contribution is 2.32. The molecule has 7 heteroatoms. The maximum Gasteiger partial charge on any atom is 0.420 e. The molecule has 1 heterocycles. The van der Waals surface area contributed by atoms with Crippen molar-refractivity contribution in [2.75, 3.05) is 7.11 Å². The highest BCUT2D eigenvalue weighted by Gasteiger charge is 2.40. The largest absolute Gasteiger partial charge is 0.420 e. The topological polar surface area (TPSA) is 42.4 Å². The van der Waals surface area contributed by atoms with E-state index in [2.05, 4.69) is 4.98 Å². The molecule has 0 saturated carbocycles. The first kappa shape index (κ1) is 11.4. The van der Waals surface area contributed by atoms with Crippen LogP contribution in [0.25, 0.3) is 0 Å². The molecule has 0 aliphatic carbocycles. The Balaban J connectivity index is 2.76. The molecule has 0 aliphatic rings. The smallest absolute Gasteiger partial charge is 0.378 e. The number of aliphatic hydroxyl groups is 1. The average molecular weight is 227 g/mol. The molecule has 1 atom stereocenters. The highest BCUT2D eigenvalue weighted by atomic mass is 32.1. The summed E-state index contributed by atoms with van der Waals surface area (Å²) in [7, 11) is 1.42. The molecule has 0 aliphatic heterocycles. The van der Waals surface area contributed by atoms with Gasteiger partial charge in [-0.05, 0) is 0 Å². The maximum absolute atomic E-state index is 12.0. The maximum atomic E-state index is 12.0. The van der Waals surface area contributed by atoms with E-state index in [4.69, 9.17) is 9.84 Å². The Labute approximate surface area is 82.2 Å². The monoisotopic (exact) mass is 227 g/mol. The fourth-order valence-electron chi connectivity index (χ4n) is 0.808. The summed E-state index contributed by atoms with van der Waals surface area (Å²) in [4.78, 5) is 3.59. The number of nitrogens with zero attached hydrogens (tertiary/aromatic N) is 1. The first-order valence-electron chi connectivity index (χ1n) is 3.63. The summed E-state index contributed by atoms with van der Waals surface area (Å²) in [5.41, 5.74) is -0.380. The quantitative estimate of drug-likeness (QED) is 0.857. The Bertz CT molecular complexity index is 299. The van der Waals surface area contributed by atoms with Gasteiger partial charge in [0.25, 0.3) is 0 Å². The van der Waals surface area contributed by atoms with Crippen molar-refractivity contribution in [1.29, 1.82) is 0 Å². The zero-order valence-electron chi connectivity index (χ0n) is 7.21. The standard InChI is InChI=1S/C7H8F3NO2S/c1-13-2-5-11-4(3-14-5)6(12)7(8,9)10/h3,6,12H,2H2,1H3. The number of hydrogen-bond acceptors (Lipinski definition) is 4. The van der Waals surface area contributed by atoms with Crippen LogP contribution in [0.1, 0.15) is 16.8 Å². The van der Waals surface area contributed by atoms with Crippen LogP contribution in [0.15, 0.2) is 5.38 Å². The first-order chi connectivity index (χ1) is 6.45. The minimum Gasteiger partial charge on any atom is -0.378 e. The number of ether oxygens (including phenoxy) is 1. The van der Waals surface area contributed by atoms with Gasteiger partial charge in [0.2, 0.25) is 0 Å². The lowest BCUT2D eigenvalue weighted by Crippen LogP contribution is -2.20. The molecule has 1 unspecified atom stereocenters.